The molecule has 1 aliphatic rings. The molecule has 1 saturated heterocycles. The second kappa shape index (κ2) is 6.01. The van der Waals surface area contributed by atoms with Crippen LogP contribution < -0.4 is 5.73 Å². The van der Waals surface area contributed by atoms with E-state index in [0.717, 1.165) is 25.6 Å². The predicted molar refractivity (Wildman–Crippen MR) is 65.1 cm³/mol. The third kappa shape index (κ3) is 3.32. The molecule has 1 fully saturated rings. The first-order valence-electron chi connectivity index (χ1n) is 6.26. The first-order chi connectivity index (χ1) is 7.88. The molecular weight excluding hydrogens is 200 g/mol. The minimum atomic E-state index is 0.847. The monoisotopic (exact) mass is 222 g/mol. The van der Waals surface area contributed by atoms with Gasteiger partial charge in [0.25, 0.3) is 0 Å². The summed E-state index contributed by atoms with van der Waals surface area (Å²) < 4.78 is 2.14. The fourth-order valence-corrected chi connectivity index (χ4v) is 2.41. The van der Waals surface area contributed by atoms with Crippen molar-refractivity contribution < 1.29 is 0 Å². The number of hydrogen-bond acceptors (Lipinski definition) is 3. The van der Waals surface area contributed by atoms with Crippen LogP contribution in [0.2, 0.25) is 0 Å². The van der Waals surface area contributed by atoms with Gasteiger partial charge in [-0.05, 0) is 44.8 Å². The third-order valence-corrected chi connectivity index (χ3v) is 3.52. The Balaban J connectivity index is 1.65. The van der Waals surface area contributed by atoms with Crippen LogP contribution in [0.4, 0.5) is 0 Å². The highest BCUT2D eigenvalue weighted by molar-refractivity contribution is 4.76. The summed E-state index contributed by atoms with van der Waals surface area (Å²) in [7, 11) is 0. The van der Waals surface area contributed by atoms with E-state index in [0.29, 0.717) is 0 Å². The molecule has 0 aliphatic carbocycles. The Morgan fingerprint density at radius 1 is 1.25 bits per heavy atom. The highest BCUT2D eigenvalue weighted by atomic mass is 15.2. The fraction of sp³-hybridized carbons (Fsp3) is 0.750. The minimum Gasteiger partial charge on any atom is -0.336 e. The van der Waals surface area contributed by atoms with Crippen molar-refractivity contribution in [3.05, 3.63) is 18.7 Å². The van der Waals surface area contributed by atoms with Gasteiger partial charge in [0.1, 0.15) is 0 Å². The van der Waals surface area contributed by atoms with Crippen LogP contribution in [0, 0.1) is 5.92 Å². The normalized spacial score (nSPS) is 19.1. The summed E-state index contributed by atoms with van der Waals surface area (Å²) in [6, 6.07) is 0. The molecule has 0 amide bonds. The second-order valence-corrected chi connectivity index (χ2v) is 4.66. The maximum Gasteiger partial charge on any atom is 0.0946 e. The van der Waals surface area contributed by atoms with E-state index in [2.05, 4.69) is 14.5 Å². The van der Waals surface area contributed by atoms with Gasteiger partial charge in [0.15, 0.2) is 0 Å². The SMILES string of the molecule is NCCC1CCN(CCn2ccnc2)CC1. The van der Waals surface area contributed by atoms with Gasteiger partial charge in [-0.1, -0.05) is 0 Å². The Hall–Kier alpha value is -0.870. The minimum absolute atomic E-state index is 0.847. The summed E-state index contributed by atoms with van der Waals surface area (Å²) in [5, 5.41) is 0. The molecule has 2 rings (SSSR count). The molecule has 1 aliphatic heterocycles. The third-order valence-electron chi connectivity index (χ3n) is 3.52. The highest BCUT2D eigenvalue weighted by Crippen LogP contribution is 2.19. The Morgan fingerprint density at radius 3 is 2.69 bits per heavy atom. The van der Waals surface area contributed by atoms with E-state index in [-0.39, 0.29) is 0 Å². The van der Waals surface area contributed by atoms with Gasteiger partial charge >= 0.3 is 0 Å². The fourth-order valence-electron chi connectivity index (χ4n) is 2.41. The molecule has 0 saturated carbocycles. The predicted octanol–water partition coefficient (Wildman–Crippen LogP) is 0.944. The van der Waals surface area contributed by atoms with E-state index in [1.165, 1.54) is 32.4 Å². The number of aromatic nitrogens is 2. The lowest BCUT2D eigenvalue weighted by Crippen LogP contribution is -2.36. The maximum atomic E-state index is 5.59. The van der Waals surface area contributed by atoms with Crippen molar-refractivity contribution in [2.75, 3.05) is 26.2 Å². The standard InChI is InChI=1S/C12H22N4/c13-4-1-12-2-6-15(7-3-12)9-10-16-8-5-14-11-16/h5,8,11-12H,1-4,6-7,9-10,13H2. The molecule has 0 unspecified atom stereocenters. The Morgan fingerprint density at radius 2 is 2.06 bits per heavy atom. The smallest absolute Gasteiger partial charge is 0.0946 e. The number of nitrogens with zero attached hydrogens (tertiary/aromatic N) is 3. The molecule has 4 nitrogen and oxygen atoms in total. The van der Waals surface area contributed by atoms with Crippen molar-refractivity contribution in [2.24, 2.45) is 11.7 Å². The lowest BCUT2D eigenvalue weighted by molar-refractivity contribution is 0.175. The van der Waals surface area contributed by atoms with E-state index in [9.17, 15) is 0 Å². The number of likely N-dealkylation sites (tertiary alicyclic amines) is 1. The quantitative estimate of drug-likeness (QED) is 0.806. The van der Waals surface area contributed by atoms with E-state index in [4.69, 9.17) is 5.73 Å². The molecule has 1 aromatic heterocycles. The largest absolute Gasteiger partial charge is 0.336 e. The van der Waals surface area contributed by atoms with Gasteiger partial charge in [0, 0.05) is 25.5 Å². The van der Waals surface area contributed by atoms with Crippen LogP contribution in [-0.2, 0) is 6.54 Å². The van der Waals surface area contributed by atoms with Gasteiger partial charge in [0.05, 0.1) is 6.33 Å². The first kappa shape index (κ1) is 11.6. The van der Waals surface area contributed by atoms with Crippen LogP contribution in [0.3, 0.4) is 0 Å². The molecule has 4 heteroatoms. The summed E-state index contributed by atoms with van der Waals surface area (Å²) in [4.78, 5) is 6.60. The van der Waals surface area contributed by atoms with Crippen molar-refractivity contribution in [2.45, 2.75) is 25.8 Å². The van der Waals surface area contributed by atoms with Crippen LogP contribution in [0.25, 0.3) is 0 Å². The summed E-state index contributed by atoms with van der Waals surface area (Å²) in [5.41, 5.74) is 5.59. The average molecular weight is 222 g/mol. The average Bonchev–Trinajstić information content (AvgIpc) is 2.82. The molecular formula is C12H22N4. The van der Waals surface area contributed by atoms with Gasteiger partial charge in [-0.25, -0.2) is 4.98 Å². The van der Waals surface area contributed by atoms with Crippen LogP contribution in [0.15, 0.2) is 18.7 Å². The number of nitrogens with two attached hydrogens (primary N) is 1. The lowest BCUT2D eigenvalue weighted by Gasteiger charge is -2.31. The van der Waals surface area contributed by atoms with Crippen molar-refractivity contribution in [3.63, 3.8) is 0 Å². The second-order valence-electron chi connectivity index (χ2n) is 4.66. The molecule has 1 aromatic rings. The number of hydrogen-bond donors (Lipinski definition) is 1. The number of piperidine rings is 1. The molecule has 0 atom stereocenters. The van der Waals surface area contributed by atoms with Crippen molar-refractivity contribution in [1.82, 2.24) is 14.5 Å². The van der Waals surface area contributed by atoms with Gasteiger partial charge in [-0.2, -0.15) is 0 Å². The van der Waals surface area contributed by atoms with Gasteiger partial charge in [-0.3, -0.25) is 0 Å². The van der Waals surface area contributed by atoms with Crippen LogP contribution in [0.5, 0.6) is 0 Å². The summed E-state index contributed by atoms with van der Waals surface area (Å²) in [5.74, 6) is 0.870. The van der Waals surface area contributed by atoms with E-state index in [1.807, 2.05) is 18.7 Å². The van der Waals surface area contributed by atoms with Crippen LogP contribution in [0.1, 0.15) is 19.3 Å². The van der Waals surface area contributed by atoms with E-state index >= 15 is 0 Å². The number of rotatable bonds is 5. The van der Waals surface area contributed by atoms with Crippen molar-refractivity contribution in [3.8, 4) is 0 Å². The first-order valence-corrected chi connectivity index (χ1v) is 6.26. The van der Waals surface area contributed by atoms with Gasteiger partial charge in [0.2, 0.25) is 0 Å². The molecule has 16 heavy (non-hydrogen) atoms. The summed E-state index contributed by atoms with van der Waals surface area (Å²) in [6.45, 7) is 5.52. The molecule has 0 radical (unpaired) electrons. The van der Waals surface area contributed by atoms with E-state index in [1.54, 1.807) is 0 Å². The summed E-state index contributed by atoms with van der Waals surface area (Å²) in [6.07, 6.45) is 9.60. The topological polar surface area (TPSA) is 47.1 Å². The van der Waals surface area contributed by atoms with Crippen molar-refractivity contribution in [1.29, 1.82) is 0 Å². The lowest BCUT2D eigenvalue weighted by atomic mass is 9.94. The van der Waals surface area contributed by atoms with E-state index < -0.39 is 0 Å². The Bertz CT molecular complexity index is 275. The highest BCUT2D eigenvalue weighted by Gasteiger charge is 2.17. The molecule has 0 aromatic carbocycles. The molecule has 90 valence electrons. The van der Waals surface area contributed by atoms with Gasteiger partial charge < -0.3 is 15.2 Å². The van der Waals surface area contributed by atoms with Crippen LogP contribution >= 0.6 is 0 Å². The molecule has 0 bridgehead atoms. The zero-order valence-electron chi connectivity index (χ0n) is 9.89. The van der Waals surface area contributed by atoms with Crippen molar-refractivity contribution >= 4 is 0 Å². The summed E-state index contributed by atoms with van der Waals surface area (Å²) >= 11 is 0. The Kier molecular flexibility index (Phi) is 4.36. The Labute approximate surface area is 97.4 Å². The molecule has 0 spiro atoms. The van der Waals surface area contributed by atoms with Gasteiger partial charge in [-0.15, -0.1) is 0 Å². The zero-order chi connectivity index (χ0) is 11.2. The molecule has 2 N–H and O–H groups in total. The van der Waals surface area contributed by atoms with Crippen LogP contribution in [-0.4, -0.2) is 40.6 Å². The zero-order valence-corrected chi connectivity index (χ0v) is 9.89. The number of imidazole rings is 1. The molecule has 2 heterocycles. The maximum absolute atomic E-state index is 5.59.